The van der Waals surface area contributed by atoms with Crippen molar-refractivity contribution in [3.8, 4) is 0 Å². The summed E-state index contributed by atoms with van der Waals surface area (Å²) in [5.74, 6) is -1.53. The van der Waals surface area contributed by atoms with Gasteiger partial charge in [-0.2, -0.15) is 18.2 Å². The lowest BCUT2D eigenvalue weighted by Gasteiger charge is -2.24. The van der Waals surface area contributed by atoms with Gasteiger partial charge in [-0.1, -0.05) is 25.9 Å². The van der Waals surface area contributed by atoms with Crippen LogP contribution in [0, 0.1) is 5.41 Å². The van der Waals surface area contributed by atoms with Crippen molar-refractivity contribution in [1.29, 1.82) is 0 Å². The molecule has 0 aromatic carbocycles. The number of nitrogens with zero attached hydrogens (tertiary/aromatic N) is 2. The molecule has 0 fully saturated rings. The molecule has 7 heteroatoms. The summed E-state index contributed by atoms with van der Waals surface area (Å²) in [6.07, 6.45) is -5.55. The van der Waals surface area contributed by atoms with Crippen LogP contribution < -0.4 is 0 Å². The predicted octanol–water partition coefficient (Wildman–Crippen LogP) is 2.04. The van der Waals surface area contributed by atoms with Crippen molar-refractivity contribution in [2.24, 2.45) is 5.41 Å². The number of hydrogen-bond donors (Lipinski definition) is 1. The summed E-state index contributed by atoms with van der Waals surface area (Å²) in [7, 11) is 0. The van der Waals surface area contributed by atoms with E-state index in [0.29, 0.717) is 0 Å². The molecule has 1 N–H and O–H groups in total. The van der Waals surface area contributed by atoms with E-state index in [9.17, 15) is 18.3 Å². The van der Waals surface area contributed by atoms with E-state index in [4.69, 9.17) is 0 Å². The minimum absolute atomic E-state index is 0.0907. The van der Waals surface area contributed by atoms with Gasteiger partial charge in [0.1, 0.15) is 0 Å². The number of alkyl halides is 3. The Bertz CT molecular complexity index is 354. The number of hydrogen-bond acceptors (Lipinski definition) is 4. The van der Waals surface area contributed by atoms with Crippen molar-refractivity contribution in [3.63, 3.8) is 0 Å². The molecule has 0 saturated heterocycles. The third-order valence-corrected chi connectivity index (χ3v) is 2.09. The molecular formula is C9H13F3N2O2. The summed E-state index contributed by atoms with van der Waals surface area (Å²) in [5.41, 5.74) is -0.452. The van der Waals surface area contributed by atoms with Crippen LogP contribution in [0.3, 0.4) is 0 Å². The molecule has 0 spiro atoms. The fourth-order valence-electron chi connectivity index (χ4n) is 0.925. The minimum atomic E-state index is -4.62. The second kappa shape index (κ2) is 4.04. The van der Waals surface area contributed by atoms with Crippen LogP contribution in [0.25, 0.3) is 0 Å². The van der Waals surface area contributed by atoms with Gasteiger partial charge in [-0.05, 0) is 5.41 Å². The highest BCUT2D eigenvalue weighted by atomic mass is 19.4. The molecule has 0 aliphatic rings. The second-order valence-corrected chi connectivity index (χ2v) is 4.60. The van der Waals surface area contributed by atoms with Gasteiger partial charge in [0.15, 0.2) is 0 Å². The zero-order valence-electron chi connectivity index (χ0n) is 9.17. The Labute approximate surface area is 90.5 Å². The Hall–Kier alpha value is -1.11. The van der Waals surface area contributed by atoms with Gasteiger partial charge < -0.3 is 9.63 Å². The van der Waals surface area contributed by atoms with Gasteiger partial charge in [0, 0.05) is 0 Å². The Morgan fingerprint density at radius 2 is 1.88 bits per heavy atom. The number of aromatic nitrogens is 2. The first kappa shape index (κ1) is 13.0. The van der Waals surface area contributed by atoms with Crippen LogP contribution in [0.5, 0.6) is 0 Å². The van der Waals surface area contributed by atoms with Gasteiger partial charge in [0.25, 0.3) is 5.82 Å². The van der Waals surface area contributed by atoms with Crippen molar-refractivity contribution < 1.29 is 22.8 Å². The molecule has 16 heavy (non-hydrogen) atoms. The fraction of sp³-hybridized carbons (Fsp3) is 0.778. The molecule has 4 nitrogen and oxygen atoms in total. The highest BCUT2D eigenvalue weighted by Crippen LogP contribution is 2.27. The van der Waals surface area contributed by atoms with Crippen LogP contribution in [0.2, 0.25) is 0 Å². The normalized spacial score (nSPS) is 15.2. The summed E-state index contributed by atoms with van der Waals surface area (Å²) in [5, 5.41) is 12.4. The number of aliphatic hydroxyl groups is 1. The van der Waals surface area contributed by atoms with E-state index in [0.717, 1.165) is 0 Å². The number of aliphatic hydroxyl groups excluding tert-OH is 1. The largest absolute Gasteiger partial charge is 0.455 e. The van der Waals surface area contributed by atoms with E-state index in [1.54, 1.807) is 20.8 Å². The highest BCUT2D eigenvalue weighted by molar-refractivity contribution is 4.93. The molecule has 1 heterocycles. The fourth-order valence-corrected chi connectivity index (χ4v) is 0.925. The molecule has 0 aliphatic carbocycles. The van der Waals surface area contributed by atoms with E-state index in [1.165, 1.54) is 0 Å². The molecule has 1 aromatic heterocycles. The maximum Gasteiger partial charge on any atom is 0.455 e. The predicted molar refractivity (Wildman–Crippen MR) is 48.5 cm³/mol. The molecule has 0 amide bonds. The number of rotatable bonds is 2. The minimum Gasteiger partial charge on any atom is -0.392 e. The molecule has 92 valence electrons. The zero-order chi connectivity index (χ0) is 12.6. The molecule has 1 rings (SSSR count). The maximum atomic E-state index is 12.1. The molecule has 1 atom stereocenters. The first-order valence-electron chi connectivity index (χ1n) is 4.68. The van der Waals surface area contributed by atoms with E-state index in [1.807, 2.05) is 0 Å². The second-order valence-electron chi connectivity index (χ2n) is 4.60. The molecule has 0 radical (unpaired) electrons. The van der Waals surface area contributed by atoms with Crippen LogP contribution in [-0.2, 0) is 12.6 Å². The van der Waals surface area contributed by atoms with Crippen molar-refractivity contribution in [3.05, 3.63) is 11.7 Å². The van der Waals surface area contributed by atoms with Crippen molar-refractivity contribution in [1.82, 2.24) is 10.1 Å². The smallest absolute Gasteiger partial charge is 0.392 e. The van der Waals surface area contributed by atoms with Gasteiger partial charge in [0.05, 0.1) is 12.5 Å². The van der Waals surface area contributed by atoms with Crippen LogP contribution in [-0.4, -0.2) is 21.4 Å². The summed E-state index contributed by atoms with van der Waals surface area (Å²) in [6, 6.07) is 0. The van der Waals surface area contributed by atoms with Crippen molar-refractivity contribution in [2.75, 3.05) is 0 Å². The average molecular weight is 238 g/mol. The maximum absolute atomic E-state index is 12.1. The summed E-state index contributed by atoms with van der Waals surface area (Å²) in [6.45, 7) is 5.29. The van der Waals surface area contributed by atoms with Gasteiger partial charge in [0.2, 0.25) is 5.89 Å². The van der Waals surface area contributed by atoms with E-state index >= 15 is 0 Å². The summed E-state index contributed by atoms with van der Waals surface area (Å²) >= 11 is 0. The first-order chi connectivity index (χ1) is 7.10. The lowest BCUT2D eigenvalue weighted by atomic mass is 9.87. The Morgan fingerprint density at radius 1 is 1.31 bits per heavy atom. The topological polar surface area (TPSA) is 59.2 Å². The Balaban J connectivity index is 2.74. The Morgan fingerprint density at radius 3 is 2.25 bits per heavy atom. The van der Waals surface area contributed by atoms with Gasteiger partial charge in [-0.15, -0.1) is 0 Å². The average Bonchev–Trinajstić information content (AvgIpc) is 2.49. The first-order valence-corrected chi connectivity index (χ1v) is 4.68. The van der Waals surface area contributed by atoms with Gasteiger partial charge in [-0.25, -0.2) is 0 Å². The molecule has 0 saturated carbocycles. The standard InChI is InChI=1S/C9H13F3N2O2/c1-8(2,3)5(15)4-6-13-7(14-16-6)9(10,11)12/h5,15H,4H2,1-3H3. The quantitative estimate of drug-likeness (QED) is 0.856. The van der Waals surface area contributed by atoms with Gasteiger partial charge in [-0.3, -0.25) is 0 Å². The van der Waals surface area contributed by atoms with Gasteiger partial charge >= 0.3 is 6.18 Å². The third kappa shape index (κ3) is 3.19. The van der Waals surface area contributed by atoms with Crippen molar-refractivity contribution in [2.45, 2.75) is 39.5 Å². The van der Waals surface area contributed by atoms with E-state index < -0.39 is 23.5 Å². The van der Waals surface area contributed by atoms with Crippen LogP contribution in [0.4, 0.5) is 13.2 Å². The third-order valence-electron chi connectivity index (χ3n) is 2.09. The van der Waals surface area contributed by atoms with E-state index in [-0.39, 0.29) is 12.3 Å². The molecular weight excluding hydrogens is 225 g/mol. The van der Waals surface area contributed by atoms with Crippen molar-refractivity contribution >= 4 is 0 Å². The summed E-state index contributed by atoms with van der Waals surface area (Å²) < 4.78 is 40.8. The summed E-state index contributed by atoms with van der Waals surface area (Å²) in [4.78, 5) is 3.17. The zero-order valence-corrected chi connectivity index (χ0v) is 9.17. The van der Waals surface area contributed by atoms with E-state index in [2.05, 4.69) is 14.7 Å². The van der Waals surface area contributed by atoms with Crippen LogP contribution in [0.15, 0.2) is 4.52 Å². The molecule has 1 unspecified atom stereocenters. The Kier molecular flexibility index (Phi) is 3.27. The molecule has 1 aromatic rings. The monoisotopic (exact) mass is 238 g/mol. The molecule has 0 bridgehead atoms. The van der Waals surface area contributed by atoms with Crippen LogP contribution >= 0.6 is 0 Å². The lowest BCUT2D eigenvalue weighted by Crippen LogP contribution is -2.28. The lowest BCUT2D eigenvalue weighted by molar-refractivity contribution is -0.146. The van der Waals surface area contributed by atoms with Crippen LogP contribution in [0.1, 0.15) is 32.5 Å². The molecule has 0 aliphatic heterocycles. The highest BCUT2D eigenvalue weighted by Gasteiger charge is 2.37. The number of halogens is 3. The SMILES string of the molecule is CC(C)(C)C(O)Cc1nc(C(F)(F)F)no1.